The van der Waals surface area contributed by atoms with Crippen molar-refractivity contribution in [2.75, 3.05) is 13.2 Å². The number of rotatable bonds is 17. The van der Waals surface area contributed by atoms with E-state index in [0.29, 0.717) is 19.4 Å². The summed E-state index contributed by atoms with van der Waals surface area (Å²) < 4.78 is 126. The first-order valence-corrected chi connectivity index (χ1v) is 11.8. The lowest BCUT2D eigenvalue weighted by Gasteiger charge is -2.33. The van der Waals surface area contributed by atoms with Crippen LogP contribution in [0.2, 0.25) is 0 Å². The van der Waals surface area contributed by atoms with E-state index >= 15 is 0 Å². The third-order valence-electron chi connectivity index (χ3n) is 5.79. The van der Waals surface area contributed by atoms with Gasteiger partial charge in [0.1, 0.15) is 0 Å². The molecule has 1 atom stereocenters. The molecule has 0 amide bonds. The van der Waals surface area contributed by atoms with Gasteiger partial charge >= 0.3 is 23.9 Å². The second-order valence-corrected chi connectivity index (χ2v) is 8.66. The van der Waals surface area contributed by atoms with Crippen LogP contribution in [0.3, 0.4) is 0 Å². The van der Waals surface area contributed by atoms with Crippen LogP contribution in [0.15, 0.2) is 0 Å². The van der Waals surface area contributed by atoms with Crippen molar-refractivity contribution in [3.05, 3.63) is 0 Å². The standard InChI is InChI=1S/C22H35F9O2/c23-19(24,20(25,26)21(27,28)22(29,30)31)15-11-8-6-4-2-1-3-5-7-9-12-16-32-18-14-10-13-17-33-18/h18H,1-17H2. The maximum absolute atomic E-state index is 13.4. The molecule has 0 spiro atoms. The molecular formula is C22H35F9O2. The Labute approximate surface area is 189 Å². The highest BCUT2D eigenvalue weighted by Crippen LogP contribution is 2.54. The largest absolute Gasteiger partial charge is 0.460 e. The first-order chi connectivity index (χ1) is 15.3. The second-order valence-electron chi connectivity index (χ2n) is 8.66. The van der Waals surface area contributed by atoms with Gasteiger partial charge in [-0.15, -0.1) is 0 Å². The van der Waals surface area contributed by atoms with Crippen LogP contribution in [0.1, 0.15) is 96.3 Å². The van der Waals surface area contributed by atoms with Gasteiger partial charge in [0.2, 0.25) is 0 Å². The van der Waals surface area contributed by atoms with Gasteiger partial charge in [0.15, 0.2) is 6.29 Å². The average molecular weight is 503 g/mol. The third kappa shape index (κ3) is 9.82. The lowest BCUT2D eigenvalue weighted by molar-refractivity contribution is -0.396. The predicted octanol–water partition coefficient (Wildman–Crippen LogP) is 8.68. The number of halogens is 9. The summed E-state index contributed by atoms with van der Waals surface area (Å²) in [5.41, 5.74) is 0. The Bertz CT molecular complexity index is 518. The highest BCUT2D eigenvalue weighted by Gasteiger charge is 2.81. The van der Waals surface area contributed by atoms with E-state index in [1.807, 2.05) is 0 Å². The van der Waals surface area contributed by atoms with Gasteiger partial charge in [-0.1, -0.05) is 57.8 Å². The minimum Gasteiger partial charge on any atom is -0.353 e. The van der Waals surface area contributed by atoms with E-state index in [9.17, 15) is 39.5 Å². The van der Waals surface area contributed by atoms with Gasteiger partial charge in [0, 0.05) is 19.6 Å². The molecule has 1 aliphatic rings. The summed E-state index contributed by atoms with van der Waals surface area (Å²) in [7, 11) is 0. The van der Waals surface area contributed by atoms with Crippen LogP contribution in [0, 0.1) is 0 Å². The van der Waals surface area contributed by atoms with Crippen LogP contribution >= 0.6 is 0 Å². The third-order valence-corrected chi connectivity index (χ3v) is 5.79. The predicted molar refractivity (Wildman–Crippen MR) is 106 cm³/mol. The molecule has 1 rings (SSSR count). The lowest BCUT2D eigenvalue weighted by Crippen LogP contribution is -2.60. The zero-order chi connectivity index (χ0) is 25.0. The first-order valence-electron chi connectivity index (χ1n) is 11.8. The summed E-state index contributed by atoms with van der Waals surface area (Å²) in [6.07, 6.45) is 2.13. The van der Waals surface area contributed by atoms with Crippen molar-refractivity contribution >= 4 is 0 Å². The molecule has 0 saturated carbocycles. The van der Waals surface area contributed by atoms with Crippen LogP contribution in [0.5, 0.6) is 0 Å². The van der Waals surface area contributed by atoms with Gasteiger partial charge in [-0.3, -0.25) is 0 Å². The molecule has 11 heteroatoms. The van der Waals surface area contributed by atoms with Gasteiger partial charge in [-0.2, -0.15) is 39.5 Å². The topological polar surface area (TPSA) is 18.5 Å². The number of hydrogen-bond acceptors (Lipinski definition) is 2. The van der Waals surface area contributed by atoms with Crippen LogP contribution in [0.4, 0.5) is 39.5 Å². The maximum atomic E-state index is 13.4. The summed E-state index contributed by atoms with van der Waals surface area (Å²) in [5.74, 6) is -18.7. The van der Waals surface area contributed by atoms with Gasteiger partial charge in [0.05, 0.1) is 0 Å². The van der Waals surface area contributed by atoms with Crippen LogP contribution in [-0.2, 0) is 9.47 Å². The monoisotopic (exact) mass is 502 g/mol. The van der Waals surface area contributed by atoms with Crippen molar-refractivity contribution < 1.29 is 49.0 Å². The zero-order valence-electron chi connectivity index (χ0n) is 18.8. The van der Waals surface area contributed by atoms with Gasteiger partial charge in [-0.25, -0.2) is 0 Å². The normalized spacial score (nSPS) is 18.6. The van der Waals surface area contributed by atoms with E-state index in [1.54, 1.807) is 0 Å². The Morgan fingerprint density at radius 2 is 1.09 bits per heavy atom. The molecule has 0 aromatic rings. The summed E-state index contributed by atoms with van der Waals surface area (Å²) in [6.45, 7) is 1.44. The second kappa shape index (κ2) is 14.0. The molecule has 198 valence electrons. The van der Waals surface area contributed by atoms with Crippen molar-refractivity contribution in [3.63, 3.8) is 0 Å². The number of ether oxygens (including phenoxy) is 2. The summed E-state index contributed by atoms with van der Waals surface area (Å²) >= 11 is 0. The molecule has 1 unspecified atom stereocenters. The minimum atomic E-state index is -6.79. The van der Waals surface area contributed by atoms with Crippen molar-refractivity contribution in [3.8, 4) is 0 Å². The molecule has 0 aliphatic carbocycles. The molecule has 1 heterocycles. The Morgan fingerprint density at radius 1 is 0.606 bits per heavy atom. The molecule has 0 bridgehead atoms. The molecule has 0 radical (unpaired) electrons. The molecule has 33 heavy (non-hydrogen) atoms. The highest BCUT2D eigenvalue weighted by molar-refractivity contribution is 5.00. The Morgan fingerprint density at radius 3 is 1.55 bits per heavy atom. The van der Waals surface area contributed by atoms with Crippen LogP contribution < -0.4 is 0 Å². The number of hydrogen-bond donors (Lipinski definition) is 0. The molecule has 1 saturated heterocycles. The minimum absolute atomic E-state index is 0.0635. The summed E-state index contributed by atoms with van der Waals surface area (Å²) in [5, 5.41) is 0. The van der Waals surface area contributed by atoms with Gasteiger partial charge in [-0.05, 0) is 32.1 Å². The molecule has 1 aliphatic heterocycles. The van der Waals surface area contributed by atoms with Crippen molar-refractivity contribution in [2.24, 2.45) is 0 Å². The molecule has 0 N–H and O–H groups in total. The smallest absolute Gasteiger partial charge is 0.353 e. The van der Waals surface area contributed by atoms with Crippen LogP contribution in [0.25, 0.3) is 0 Å². The lowest BCUT2D eigenvalue weighted by atomic mass is 9.97. The van der Waals surface area contributed by atoms with Gasteiger partial charge < -0.3 is 9.47 Å². The van der Waals surface area contributed by atoms with Crippen LogP contribution in [-0.4, -0.2) is 43.4 Å². The summed E-state index contributed by atoms with van der Waals surface area (Å²) in [6, 6.07) is 0. The van der Waals surface area contributed by atoms with E-state index in [-0.39, 0.29) is 12.7 Å². The Hall–Kier alpha value is -0.710. The molecular weight excluding hydrogens is 467 g/mol. The highest BCUT2D eigenvalue weighted by atomic mass is 19.4. The van der Waals surface area contributed by atoms with Crippen molar-refractivity contribution in [1.82, 2.24) is 0 Å². The quantitative estimate of drug-likeness (QED) is 0.146. The molecule has 0 aromatic heterocycles. The maximum Gasteiger partial charge on any atom is 0.460 e. The zero-order valence-corrected chi connectivity index (χ0v) is 18.8. The van der Waals surface area contributed by atoms with E-state index < -0.39 is 36.8 Å². The summed E-state index contributed by atoms with van der Waals surface area (Å²) in [4.78, 5) is 0. The van der Waals surface area contributed by atoms with E-state index in [0.717, 1.165) is 70.8 Å². The van der Waals surface area contributed by atoms with Crippen molar-refractivity contribution in [1.29, 1.82) is 0 Å². The average Bonchev–Trinajstić information content (AvgIpc) is 2.73. The SMILES string of the molecule is FC(F)(F)C(F)(F)C(F)(F)C(F)(F)CCCCCCCCCCCCCOC1CCCCO1. The van der Waals surface area contributed by atoms with Crippen molar-refractivity contribution in [2.45, 2.75) is 127 Å². The first kappa shape index (κ1) is 30.3. The fourth-order valence-electron chi connectivity index (χ4n) is 3.66. The Balaban J connectivity index is 2.00. The fraction of sp³-hybridized carbons (Fsp3) is 1.00. The fourth-order valence-corrected chi connectivity index (χ4v) is 3.66. The number of unbranched alkanes of at least 4 members (excludes halogenated alkanes) is 10. The van der Waals surface area contributed by atoms with E-state index in [1.165, 1.54) is 0 Å². The number of alkyl halides is 9. The molecule has 0 aromatic carbocycles. The molecule has 2 nitrogen and oxygen atoms in total. The van der Waals surface area contributed by atoms with E-state index in [4.69, 9.17) is 9.47 Å². The molecule has 1 fully saturated rings. The van der Waals surface area contributed by atoms with E-state index in [2.05, 4.69) is 0 Å². The Kier molecular flexibility index (Phi) is 12.9. The van der Waals surface area contributed by atoms with Gasteiger partial charge in [0.25, 0.3) is 0 Å².